The van der Waals surface area contributed by atoms with Gasteiger partial charge in [-0.25, -0.2) is 17.2 Å². The maximum absolute atomic E-state index is 13.2. The molecule has 2 aromatic carbocycles. The van der Waals surface area contributed by atoms with Crippen LogP contribution in [0, 0.1) is 11.6 Å². The van der Waals surface area contributed by atoms with Gasteiger partial charge >= 0.3 is 0 Å². The van der Waals surface area contributed by atoms with Crippen LogP contribution in [0.1, 0.15) is 6.92 Å². The van der Waals surface area contributed by atoms with E-state index in [0.29, 0.717) is 0 Å². The van der Waals surface area contributed by atoms with Crippen molar-refractivity contribution >= 4 is 27.3 Å². The Morgan fingerprint density at radius 3 is 2.24 bits per heavy atom. The summed E-state index contributed by atoms with van der Waals surface area (Å²) >= 11 is 5.69. The summed E-state index contributed by atoms with van der Waals surface area (Å²) in [7, 11) is -3.86. The summed E-state index contributed by atoms with van der Waals surface area (Å²) in [6.45, 7) is 1.76. The van der Waals surface area contributed by atoms with E-state index in [4.69, 9.17) is 11.6 Å². The number of anilines is 1. The Morgan fingerprint density at radius 1 is 1.10 bits per heavy atom. The average Bonchev–Trinajstić information content (AvgIpc) is 2.44. The summed E-state index contributed by atoms with van der Waals surface area (Å²) in [6.07, 6.45) is 0. The lowest BCUT2D eigenvalue weighted by Crippen LogP contribution is -2.30. The van der Waals surface area contributed by atoms with Gasteiger partial charge in [0.15, 0.2) is 0 Å². The molecule has 112 valence electrons. The van der Waals surface area contributed by atoms with Gasteiger partial charge in [-0.2, -0.15) is 0 Å². The number of hydrogen-bond acceptors (Lipinski definition) is 2. The van der Waals surface area contributed by atoms with E-state index >= 15 is 0 Å². The molecule has 0 amide bonds. The first-order valence-electron chi connectivity index (χ1n) is 6.09. The van der Waals surface area contributed by atoms with Crippen molar-refractivity contribution < 1.29 is 17.2 Å². The van der Waals surface area contributed by atoms with Gasteiger partial charge in [0, 0.05) is 6.54 Å². The Bertz CT molecular complexity index is 748. The largest absolute Gasteiger partial charge is 0.267 e. The predicted molar refractivity (Wildman–Crippen MR) is 78.0 cm³/mol. The van der Waals surface area contributed by atoms with Crippen molar-refractivity contribution in [3.05, 3.63) is 59.1 Å². The third-order valence-corrected chi connectivity index (χ3v) is 5.09. The molecule has 0 aliphatic carbocycles. The van der Waals surface area contributed by atoms with Crippen LogP contribution in [-0.4, -0.2) is 15.0 Å². The van der Waals surface area contributed by atoms with E-state index < -0.39 is 21.7 Å². The maximum Gasteiger partial charge on any atom is 0.264 e. The van der Waals surface area contributed by atoms with E-state index in [9.17, 15) is 17.2 Å². The molecule has 0 fully saturated rings. The normalized spacial score (nSPS) is 11.4. The molecule has 0 saturated heterocycles. The highest BCUT2D eigenvalue weighted by molar-refractivity contribution is 7.92. The van der Waals surface area contributed by atoms with Crippen molar-refractivity contribution in [2.75, 3.05) is 10.8 Å². The Hall–Kier alpha value is -1.66. The first-order chi connectivity index (χ1) is 9.86. The van der Waals surface area contributed by atoms with E-state index in [0.717, 1.165) is 22.5 Å². The molecule has 0 radical (unpaired) electrons. The molecule has 3 nitrogen and oxygen atoms in total. The minimum Gasteiger partial charge on any atom is -0.267 e. The quantitative estimate of drug-likeness (QED) is 0.853. The molecule has 0 aliphatic rings. The standard InChI is InChI=1S/C14H12ClF2NO2S/c1-2-18(11-5-8-14(17)13(15)9-11)21(19,20)12-6-3-10(16)4-7-12/h3-9H,2H2,1H3. The number of hydrogen-bond donors (Lipinski definition) is 0. The van der Waals surface area contributed by atoms with E-state index in [2.05, 4.69) is 0 Å². The molecule has 0 aromatic heterocycles. The lowest BCUT2D eigenvalue weighted by molar-refractivity contribution is 0.590. The molecule has 7 heteroatoms. The van der Waals surface area contributed by atoms with Crippen LogP contribution in [0.25, 0.3) is 0 Å². The smallest absolute Gasteiger partial charge is 0.264 e. The highest BCUT2D eigenvalue weighted by Crippen LogP contribution is 2.27. The van der Waals surface area contributed by atoms with Crippen molar-refractivity contribution in [1.29, 1.82) is 0 Å². The van der Waals surface area contributed by atoms with Crippen LogP contribution < -0.4 is 4.31 Å². The minimum atomic E-state index is -3.86. The van der Waals surface area contributed by atoms with E-state index in [1.54, 1.807) is 6.92 Å². The maximum atomic E-state index is 13.2. The van der Waals surface area contributed by atoms with Gasteiger partial charge in [-0.15, -0.1) is 0 Å². The number of sulfonamides is 1. The fraction of sp³-hybridized carbons (Fsp3) is 0.143. The second kappa shape index (κ2) is 5.99. The minimum absolute atomic E-state index is 0.0498. The Labute approximate surface area is 126 Å². The van der Waals surface area contributed by atoms with Crippen LogP contribution in [0.3, 0.4) is 0 Å². The summed E-state index contributed by atoms with van der Waals surface area (Å²) in [6, 6.07) is 8.15. The number of benzene rings is 2. The lowest BCUT2D eigenvalue weighted by Gasteiger charge is -2.23. The van der Waals surface area contributed by atoms with Gasteiger partial charge in [0.2, 0.25) is 0 Å². The molecule has 0 N–H and O–H groups in total. The van der Waals surface area contributed by atoms with Crippen LogP contribution in [0.4, 0.5) is 14.5 Å². The second-order valence-corrected chi connectivity index (χ2v) is 6.49. The zero-order chi connectivity index (χ0) is 15.6. The Morgan fingerprint density at radius 2 is 1.71 bits per heavy atom. The van der Waals surface area contributed by atoms with Crippen LogP contribution >= 0.6 is 11.6 Å². The molecule has 2 rings (SSSR count). The van der Waals surface area contributed by atoms with E-state index in [1.807, 2.05) is 0 Å². The summed E-state index contributed by atoms with van der Waals surface area (Å²) < 4.78 is 52.2. The highest BCUT2D eigenvalue weighted by atomic mass is 35.5. The molecule has 0 aliphatic heterocycles. The van der Waals surface area contributed by atoms with Crippen LogP contribution in [0.5, 0.6) is 0 Å². The molecule has 0 heterocycles. The Kier molecular flexibility index (Phi) is 4.49. The van der Waals surface area contributed by atoms with Crippen LogP contribution in [-0.2, 0) is 10.0 Å². The lowest BCUT2D eigenvalue weighted by atomic mass is 10.3. The predicted octanol–water partition coefficient (Wildman–Crippen LogP) is 3.83. The van der Waals surface area contributed by atoms with E-state index in [1.165, 1.54) is 24.3 Å². The summed E-state index contributed by atoms with van der Waals surface area (Å²) in [5.41, 5.74) is 0.244. The molecule has 0 spiro atoms. The number of halogens is 3. The summed E-state index contributed by atoms with van der Waals surface area (Å²) in [4.78, 5) is -0.0498. The molecule has 0 saturated carbocycles. The fourth-order valence-electron chi connectivity index (χ4n) is 1.87. The first kappa shape index (κ1) is 15.7. The van der Waals surface area contributed by atoms with Crippen LogP contribution in [0.15, 0.2) is 47.4 Å². The molecule has 2 aromatic rings. The van der Waals surface area contributed by atoms with Gasteiger partial charge in [-0.1, -0.05) is 11.6 Å². The number of rotatable bonds is 4. The van der Waals surface area contributed by atoms with Crippen molar-refractivity contribution in [2.24, 2.45) is 0 Å². The molecule has 21 heavy (non-hydrogen) atoms. The number of nitrogens with zero attached hydrogens (tertiary/aromatic N) is 1. The molecular weight excluding hydrogens is 320 g/mol. The van der Waals surface area contributed by atoms with Gasteiger partial charge in [-0.05, 0) is 49.4 Å². The zero-order valence-electron chi connectivity index (χ0n) is 11.1. The third kappa shape index (κ3) is 3.16. The summed E-state index contributed by atoms with van der Waals surface area (Å²) in [5, 5.41) is -0.166. The second-order valence-electron chi connectivity index (χ2n) is 4.22. The van der Waals surface area contributed by atoms with Crippen LogP contribution in [0.2, 0.25) is 5.02 Å². The monoisotopic (exact) mass is 331 g/mol. The van der Waals surface area contributed by atoms with Crippen molar-refractivity contribution in [2.45, 2.75) is 11.8 Å². The SMILES string of the molecule is CCN(c1ccc(F)c(Cl)c1)S(=O)(=O)c1ccc(F)cc1. The summed E-state index contributed by atoms with van der Waals surface area (Å²) in [5.74, 6) is -1.16. The highest BCUT2D eigenvalue weighted by Gasteiger charge is 2.24. The molecular formula is C14H12ClF2NO2S. The molecule has 0 atom stereocenters. The van der Waals surface area contributed by atoms with Gasteiger partial charge in [-0.3, -0.25) is 4.31 Å². The Balaban J connectivity index is 2.48. The average molecular weight is 332 g/mol. The van der Waals surface area contributed by atoms with E-state index in [-0.39, 0.29) is 22.2 Å². The topological polar surface area (TPSA) is 37.4 Å². The first-order valence-corrected chi connectivity index (χ1v) is 7.91. The van der Waals surface area contributed by atoms with Gasteiger partial charge in [0.05, 0.1) is 15.6 Å². The zero-order valence-corrected chi connectivity index (χ0v) is 12.6. The van der Waals surface area contributed by atoms with Crippen molar-refractivity contribution in [1.82, 2.24) is 0 Å². The van der Waals surface area contributed by atoms with Gasteiger partial charge in [0.25, 0.3) is 10.0 Å². The van der Waals surface area contributed by atoms with Gasteiger partial charge in [0.1, 0.15) is 11.6 Å². The fourth-order valence-corrected chi connectivity index (χ4v) is 3.51. The van der Waals surface area contributed by atoms with Crippen molar-refractivity contribution in [3.63, 3.8) is 0 Å². The molecule has 0 unspecified atom stereocenters. The van der Waals surface area contributed by atoms with Gasteiger partial charge < -0.3 is 0 Å². The van der Waals surface area contributed by atoms with Crippen molar-refractivity contribution in [3.8, 4) is 0 Å². The molecule has 0 bridgehead atoms. The third-order valence-electron chi connectivity index (χ3n) is 2.88.